The molecule has 9 heteroatoms. The first-order valence-electron chi connectivity index (χ1n) is 7.39. The average Bonchev–Trinajstić information content (AvgIpc) is 2.57. The molecule has 0 N–H and O–H groups in total. The van der Waals surface area contributed by atoms with Crippen molar-refractivity contribution < 1.29 is 30.8 Å². The van der Waals surface area contributed by atoms with E-state index in [1.165, 1.54) is 12.1 Å². The minimum Gasteiger partial charge on any atom is -0.274 e. The van der Waals surface area contributed by atoms with Crippen LogP contribution in [0.4, 0.5) is 17.6 Å². The summed E-state index contributed by atoms with van der Waals surface area (Å²) < 4.78 is 81.0. The van der Waals surface area contributed by atoms with E-state index in [4.69, 9.17) is 0 Å². The Kier molecular flexibility index (Phi) is 5.41. The van der Waals surface area contributed by atoms with Crippen molar-refractivity contribution in [2.24, 2.45) is 0 Å². The lowest BCUT2D eigenvalue weighted by Crippen LogP contribution is -2.36. The molecular weight excluding hydrogens is 374 g/mol. The van der Waals surface area contributed by atoms with Gasteiger partial charge in [0.05, 0.1) is 6.54 Å². The van der Waals surface area contributed by atoms with E-state index in [-0.39, 0.29) is 9.87 Å². The van der Waals surface area contributed by atoms with Crippen LogP contribution in [0, 0.1) is 37.1 Å². The van der Waals surface area contributed by atoms with E-state index in [0.29, 0.717) is 0 Å². The predicted molar refractivity (Wildman–Crippen MR) is 85.6 cm³/mol. The van der Waals surface area contributed by atoms with Gasteiger partial charge < -0.3 is 0 Å². The number of sulfonamides is 1. The normalized spacial score (nSPS) is 11.5. The van der Waals surface area contributed by atoms with Crippen LogP contribution >= 0.6 is 0 Å². The van der Waals surface area contributed by atoms with Crippen LogP contribution in [0.5, 0.6) is 0 Å². The number of halogens is 4. The molecule has 26 heavy (non-hydrogen) atoms. The van der Waals surface area contributed by atoms with E-state index in [0.717, 1.165) is 32.9 Å². The SMILES string of the molecule is CC(=O)N(Cc1ccc(F)cc1)S(=O)(=O)c1c(C)c(F)c(C)c(F)c1F. The van der Waals surface area contributed by atoms with E-state index in [9.17, 15) is 30.8 Å². The van der Waals surface area contributed by atoms with E-state index in [2.05, 4.69) is 0 Å². The summed E-state index contributed by atoms with van der Waals surface area (Å²) in [4.78, 5) is 10.6. The first-order valence-corrected chi connectivity index (χ1v) is 8.83. The van der Waals surface area contributed by atoms with Crippen LogP contribution in [0.3, 0.4) is 0 Å². The van der Waals surface area contributed by atoms with E-state index in [1.54, 1.807) is 0 Å². The fourth-order valence-electron chi connectivity index (χ4n) is 2.44. The molecule has 0 fully saturated rings. The first-order chi connectivity index (χ1) is 12.0. The lowest BCUT2D eigenvalue weighted by atomic mass is 10.1. The molecule has 0 aliphatic rings. The highest BCUT2D eigenvalue weighted by molar-refractivity contribution is 7.89. The third-order valence-electron chi connectivity index (χ3n) is 3.86. The summed E-state index contributed by atoms with van der Waals surface area (Å²) in [7, 11) is -4.90. The number of hydrogen-bond donors (Lipinski definition) is 0. The molecule has 2 rings (SSSR count). The van der Waals surface area contributed by atoms with Gasteiger partial charge in [-0.2, -0.15) is 0 Å². The smallest absolute Gasteiger partial charge is 0.270 e. The van der Waals surface area contributed by atoms with Crippen molar-refractivity contribution in [2.75, 3.05) is 0 Å². The van der Waals surface area contributed by atoms with Crippen molar-refractivity contribution in [1.29, 1.82) is 0 Å². The zero-order valence-corrected chi connectivity index (χ0v) is 14.9. The number of amides is 1. The van der Waals surface area contributed by atoms with Gasteiger partial charge in [0.1, 0.15) is 16.5 Å². The second-order valence-corrected chi connectivity index (χ2v) is 7.48. The Balaban J connectivity index is 2.63. The van der Waals surface area contributed by atoms with Gasteiger partial charge in [-0.1, -0.05) is 12.1 Å². The number of benzene rings is 2. The topological polar surface area (TPSA) is 54.5 Å². The zero-order valence-electron chi connectivity index (χ0n) is 14.1. The third-order valence-corrected chi connectivity index (χ3v) is 5.83. The maximum Gasteiger partial charge on any atom is 0.270 e. The summed E-state index contributed by atoms with van der Waals surface area (Å²) in [5.74, 6) is -6.18. The van der Waals surface area contributed by atoms with Crippen molar-refractivity contribution in [3.8, 4) is 0 Å². The van der Waals surface area contributed by atoms with Crippen molar-refractivity contribution in [1.82, 2.24) is 4.31 Å². The highest BCUT2D eigenvalue weighted by Gasteiger charge is 2.35. The van der Waals surface area contributed by atoms with Gasteiger partial charge in [0.15, 0.2) is 11.6 Å². The van der Waals surface area contributed by atoms with Gasteiger partial charge in [-0.05, 0) is 31.5 Å². The van der Waals surface area contributed by atoms with Crippen LogP contribution in [-0.4, -0.2) is 18.6 Å². The Morgan fingerprint density at radius 3 is 1.96 bits per heavy atom. The number of rotatable bonds is 4. The van der Waals surface area contributed by atoms with Crippen LogP contribution in [0.2, 0.25) is 0 Å². The molecule has 0 aromatic heterocycles. The zero-order chi connectivity index (χ0) is 19.8. The fourth-order valence-corrected chi connectivity index (χ4v) is 4.11. The van der Waals surface area contributed by atoms with Gasteiger partial charge in [-0.15, -0.1) is 0 Å². The average molecular weight is 389 g/mol. The number of hydrogen-bond acceptors (Lipinski definition) is 3. The maximum atomic E-state index is 14.3. The number of carbonyl (C=O) groups is 1. The van der Waals surface area contributed by atoms with Crippen LogP contribution in [0.25, 0.3) is 0 Å². The molecule has 0 saturated heterocycles. The molecule has 0 radical (unpaired) electrons. The third kappa shape index (κ3) is 3.44. The quantitative estimate of drug-likeness (QED) is 0.593. The Hall–Kier alpha value is -2.42. The molecule has 0 atom stereocenters. The molecule has 2 aromatic carbocycles. The van der Waals surface area contributed by atoms with Gasteiger partial charge in [0.2, 0.25) is 5.91 Å². The molecule has 4 nitrogen and oxygen atoms in total. The molecule has 1 amide bonds. The number of nitrogens with zero attached hydrogens (tertiary/aromatic N) is 1. The second kappa shape index (κ2) is 7.06. The van der Waals surface area contributed by atoms with E-state index < -0.39 is 61.8 Å². The molecule has 0 unspecified atom stereocenters. The lowest BCUT2D eigenvalue weighted by molar-refractivity contribution is -0.124. The van der Waals surface area contributed by atoms with Gasteiger partial charge in [-0.25, -0.2) is 30.3 Å². The van der Waals surface area contributed by atoms with Crippen molar-refractivity contribution in [3.05, 3.63) is 64.2 Å². The number of carbonyl (C=O) groups excluding carboxylic acids is 1. The van der Waals surface area contributed by atoms with Crippen molar-refractivity contribution in [3.63, 3.8) is 0 Å². The summed E-state index contributed by atoms with van der Waals surface area (Å²) in [5.41, 5.74) is -1.06. The highest BCUT2D eigenvalue weighted by Crippen LogP contribution is 2.30. The molecule has 0 spiro atoms. The molecule has 0 heterocycles. The first kappa shape index (κ1) is 19.9. The second-order valence-electron chi connectivity index (χ2n) is 5.68. The monoisotopic (exact) mass is 389 g/mol. The Morgan fingerprint density at radius 1 is 0.923 bits per heavy atom. The molecule has 0 aliphatic carbocycles. The summed E-state index contributed by atoms with van der Waals surface area (Å²) in [6.45, 7) is 2.31. The Labute approximate surface area is 148 Å². The molecule has 140 valence electrons. The van der Waals surface area contributed by atoms with Crippen LogP contribution in [-0.2, 0) is 21.4 Å². The lowest BCUT2D eigenvalue weighted by Gasteiger charge is -2.23. The van der Waals surface area contributed by atoms with Gasteiger partial charge >= 0.3 is 0 Å². The fraction of sp³-hybridized carbons (Fsp3) is 0.235. The maximum absolute atomic E-state index is 14.3. The minimum absolute atomic E-state index is 0.233. The molecule has 0 saturated carbocycles. The summed E-state index contributed by atoms with van der Waals surface area (Å²) in [6.07, 6.45) is 0. The Morgan fingerprint density at radius 2 is 1.46 bits per heavy atom. The van der Waals surface area contributed by atoms with E-state index in [1.807, 2.05) is 0 Å². The molecule has 2 aromatic rings. The highest BCUT2D eigenvalue weighted by atomic mass is 32.2. The molecule has 0 aliphatic heterocycles. The van der Waals surface area contributed by atoms with Crippen LogP contribution < -0.4 is 0 Å². The van der Waals surface area contributed by atoms with Crippen LogP contribution in [0.1, 0.15) is 23.6 Å². The van der Waals surface area contributed by atoms with E-state index >= 15 is 0 Å². The molecular formula is C17H15F4NO3S. The van der Waals surface area contributed by atoms with Gasteiger partial charge in [0, 0.05) is 18.1 Å². The van der Waals surface area contributed by atoms with Crippen LogP contribution in [0.15, 0.2) is 29.2 Å². The predicted octanol–water partition coefficient (Wildman–Crippen LogP) is 3.60. The molecule has 0 bridgehead atoms. The van der Waals surface area contributed by atoms with Crippen molar-refractivity contribution >= 4 is 15.9 Å². The largest absolute Gasteiger partial charge is 0.274 e. The summed E-state index contributed by atoms with van der Waals surface area (Å²) >= 11 is 0. The standard InChI is InChI=1S/C17H15F4NO3S/c1-9-14(19)10(2)17(16(21)15(9)20)26(24,25)22(11(3)23)8-12-4-6-13(18)7-5-12/h4-7H,8H2,1-3H3. The Bertz CT molecular complexity index is 943. The van der Waals surface area contributed by atoms with Crippen molar-refractivity contribution in [2.45, 2.75) is 32.2 Å². The summed E-state index contributed by atoms with van der Waals surface area (Å²) in [5, 5.41) is 0. The summed E-state index contributed by atoms with van der Waals surface area (Å²) in [6, 6.07) is 4.58. The van der Waals surface area contributed by atoms with Gasteiger partial charge in [-0.3, -0.25) is 4.79 Å². The minimum atomic E-state index is -4.90. The van der Waals surface area contributed by atoms with Gasteiger partial charge in [0.25, 0.3) is 10.0 Å².